The fourth-order valence-electron chi connectivity index (χ4n) is 3.70. The number of guanidine groups is 1. The van der Waals surface area contributed by atoms with E-state index in [1.165, 1.54) is 12.8 Å². The summed E-state index contributed by atoms with van der Waals surface area (Å²) < 4.78 is 61.5. The lowest BCUT2D eigenvalue weighted by molar-refractivity contribution is -0.0496. The molecule has 2 fully saturated rings. The molecule has 1 heterocycles. The van der Waals surface area contributed by atoms with Crippen molar-refractivity contribution in [1.29, 1.82) is 0 Å². The van der Waals surface area contributed by atoms with Crippen molar-refractivity contribution in [2.45, 2.75) is 62.2 Å². The van der Waals surface area contributed by atoms with E-state index in [4.69, 9.17) is 0 Å². The van der Waals surface area contributed by atoms with Gasteiger partial charge in [-0.2, -0.15) is 29.2 Å². The van der Waals surface area contributed by atoms with Crippen molar-refractivity contribution in [2.75, 3.05) is 32.4 Å². The fourth-order valence-corrected chi connectivity index (χ4v) is 5.51. The van der Waals surface area contributed by atoms with Crippen molar-refractivity contribution in [2.24, 2.45) is 10.9 Å². The van der Waals surface area contributed by atoms with Gasteiger partial charge < -0.3 is 10.6 Å². The van der Waals surface area contributed by atoms with Crippen LogP contribution in [0.25, 0.3) is 0 Å². The highest BCUT2D eigenvalue weighted by Gasteiger charge is 2.50. The lowest BCUT2D eigenvalue weighted by Gasteiger charge is -2.31. The molecule has 0 aromatic carbocycles. The molecule has 172 valence electrons. The van der Waals surface area contributed by atoms with E-state index < -0.39 is 15.5 Å². The van der Waals surface area contributed by atoms with Gasteiger partial charge in [-0.1, -0.05) is 6.42 Å². The summed E-state index contributed by atoms with van der Waals surface area (Å²) in [5, 5.41) is 7.38. The zero-order valence-electron chi connectivity index (χ0n) is 16.9. The smallest absolute Gasteiger partial charge is 0.357 e. The second kappa shape index (κ2) is 12.2. The van der Waals surface area contributed by atoms with Crippen molar-refractivity contribution in [3.63, 3.8) is 0 Å². The monoisotopic (exact) mass is 572 g/mol. The molecule has 2 aliphatic rings. The average Bonchev–Trinajstić information content (AvgIpc) is 2.66. The second-order valence-electron chi connectivity index (χ2n) is 7.38. The number of thioether (sulfide) groups is 1. The van der Waals surface area contributed by atoms with Gasteiger partial charge >= 0.3 is 15.5 Å². The average molecular weight is 573 g/mol. The van der Waals surface area contributed by atoms with Gasteiger partial charge in [0.15, 0.2) is 5.96 Å². The quantitative estimate of drug-likeness (QED) is 0.290. The van der Waals surface area contributed by atoms with Gasteiger partial charge in [0.05, 0.1) is 0 Å². The summed E-state index contributed by atoms with van der Waals surface area (Å²) in [6.07, 6.45) is 7.54. The molecule has 0 aromatic heterocycles. The number of sulfonamides is 1. The molecular formula is C17H32F3IN4O2S2. The third-order valence-electron chi connectivity index (χ3n) is 5.36. The lowest BCUT2D eigenvalue weighted by Crippen LogP contribution is -2.46. The number of nitrogens with zero attached hydrogens (tertiary/aromatic N) is 2. The summed E-state index contributed by atoms with van der Waals surface area (Å²) in [5.41, 5.74) is -5.23. The van der Waals surface area contributed by atoms with Gasteiger partial charge in [0.1, 0.15) is 0 Å². The van der Waals surface area contributed by atoms with Crippen molar-refractivity contribution < 1.29 is 21.6 Å². The summed E-state index contributed by atoms with van der Waals surface area (Å²) in [7, 11) is -5.22. The molecule has 2 unspecified atom stereocenters. The first-order valence-electron chi connectivity index (χ1n) is 9.81. The van der Waals surface area contributed by atoms with Gasteiger partial charge in [0, 0.05) is 37.5 Å². The second-order valence-corrected chi connectivity index (χ2v) is 10.4. The Morgan fingerprint density at radius 3 is 2.41 bits per heavy atom. The predicted molar refractivity (Wildman–Crippen MR) is 123 cm³/mol. The number of hydrogen-bond donors (Lipinski definition) is 2. The maximum atomic E-state index is 12.7. The Balaban J connectivity index is 0.00000420. The molecule has 1 saturated heterocycles. The van der Waals surface area contributed by atoms with E-state index in [9.17, 15) is 21.6 Å². The molecule has 0 radical (unpaired) electrons. The number of alkyl halides is 3. The molecular weight excluding hydrogens is 540 g/mol. The minimum atomic E-state index is -5.23. The molecule has 0 aromatic rings. The molecule has 29 heavy (non-hydrogen) atoms. The summed E-state index contributed by atoms with van der Waals surface area (Å²) in [4.78, 5) is 4.62. The summed E-state index contributed by atoms with van der Waals surface area (Å²) in [6, 6.07) is 0.378. The van der Waals surface area contributed by atoms with Crippen LogP contribution in [0, 0.1) is 5.92 Å². The molecule has 1 aliphatic heterocycles. The van der Waals surface area contributed by atoms with Crippen LogP contribution in [0.2, 0.25) is 0 Å². The van der Waals surface area contributed by atoms with Crippen LogP contribution in [0.5, 0.6) is 0 Å². The van der Waals surface area contributed by atoms with Crippen molar-refractivity contribution >= 4 is 51.7 Å². The van der Waals surface area contributed by atoms with E-state index in [0.717, 1.165) is 25.3 Å². The van der Waals surface area contributed by atoms with E-state index in [-0.39, 0.29) is 43.0 Å². The van der Waals surface area contributed by atoms with Crippen LogP contribution in [0.3, 0.4) is 0 Å². The number of rotatable bonds is 6. The van der Waals surface area contributed by atoms with Crippen molar-refractivity contribution in [3.8, 4) is 0 Å². The first-order chi connectivity index (χ1) is 13.2. The lowest BCUT2D eigenvalue weighted by atomic mass is 9.95. The number of nitrogens with one attached hydrogen (secondary N) is 2. The van der Waals surface area contributed by atoms with Crippen LogP contribution in [0.1, 0.15) is 45.4 Å². The van der Waals surface area contributed by atoms with Gasteiger partial charge in [-0.15, -0.1) is 24.0 Å². The van der Waals surface area contributed by atoms with E-state index in [1.807, 2.05) is 18.7 Å². The Hall–Kier alpha value is 0.0500. The maximum absolute atomic E-state index is 12.7. The number of aliphatic imine (C=N–C) groups is 1. The Labute approximate surface area is 193 Å². The maximum Gasteiger partial charge on any atom is 0.511 e. The van der Waals surface area contributed by atoms with E-state index >= 15 is 0 Å². The molecule has 2 N–H and O–H groups in total. The van der Waals surface area contributed by atoms with Crippen LogP contribution < -0.4 is 10.6 Å². The first-order valence-corrected chi connectivity index (χ1v) is 12.5. The van der Waals surface area contributed by atoms with E-state index in [0.29, 0.717) is 35.0 Å². The minimum Gasteiger partial charge on any atom is -0.357 e. The van der Waals surface area contributed by atoms with Crippen molar-refractivity contribution in [3.05, 3.63) is 0 Å². The fraction of sp³-hybridized carbons (Fsp3) is 0.941. The third kappa shape index (κ3) is 7.91. The molecule has 2 rings (SSSR count). The molecule has 6 nitrogen and oxygen atoms in total. The highest BCUT2D eigenvalue weighted by Crippen LogP contribution is 2.30. The third-order valence-corrected chi connectivity index (χ3v) is 8.08. The molecule has 0 bridgehead atoms. The van der Waals surface area contributed by atoms with E-state index in [1.54, 1.807) is 0 Å². The van der Waals surface area contributed by atoms with Crippen LogP contribution in [0.4, 0.5) is 13.2 Å². The number of piperidine rings is 1. The largest absolute Gasteiger partial charge is 0.511 e. The summed E-state index contributed by atoms with van der Waals surface area (Å²) in [6.45, 7) is 2.98. The van der Waals surface area contributed by atoms with Gasteiger partial charge in [0.25, 0.3) is 0 Å². The van der Waals surface area contributed by atoms with Gasteiger partial charge in [0.2, 0.25) is 0 Å². The predicted octanol–water partition coefficient (Wildman–Crippen LogP) is 3.40. The Morgan fingerprint density at radius 1 is 1.21 bits per heavy atom. The van der Waals surface area contributed by atoms with Crippen LogP contribution >= 0.6 is 35.7 Å². The molecule has 2 atom stereocenters. The normalized spacial score (nSPS) is 25.3. The van der Waals surface area contributed by atoms with Crippen molar-refractivity contribution in [1.82, 2.24) is 14.9 Å². The SMILES string of the molecule is CCNC(=NCC1CCN(S(=O)(=O)C(F)(F)F)CC1)NC1CCCC(SC)C1.I. The highest BCUT2D eigenvalue weighted by atomic mass is 127. The van der Waals surface area contributed by atoms with Gasteiger partial charge in [-0.05, 0) is 51.2 Å². The molecule has 1 saturated carbocycles. The molecule has 12 heteroatoms. The zero-order valence-corrected chi connectivity index (χ0v) is 20.8. The van der Waals surface area contributed by atoms with Gasteiger partial charge in [-0.3, -0.25) is 4.99 Å². The highest BCUT2D eigenvalue weighted by molar-refractivity contribution is 14.0. The van der Waals surface area contributed by atoms with Crippen LogP contribution in [0.15, 0.2) is 4.99 Å². The zero-order chi connectivity index (χ0) is 20.8. The Morgan fingerprint density at radius 2 is 1.86 bits per heavy atom. The Kier molecular flexibility index (Phi) is 11.4. The Bertz CT molecular complexity index is 627. The van der Waals surface area contributed by atoms with Crippen LogP contribution in [-0.2, 0) is 10.0 Å². The van der Waals surface area contributed by atoms with Gasteiger partial charge in [-0.25, -0.2) is 8.42 Å². The number of halogens is 4. The standard InChI is InChI=1S/C17H31F3N4O2S2.HI/c1-3-21-16(23-14-5-4-6-15(11-14)27-2)22-12-13-7-9-24(10-8-13)28(25,26)17(18,19)20;/h13-15H,3-12H2,1-2H3,(H2,21,22,23);1H. The molecule has 0 spiro atoms. The first kappa shape index (κ1) is 27.1. The minimum absolute atomic E-state index is 0. The topological polar surface area (TPSA) is 73.8 Å². The van der Waals surface area contributed by atoms with Crippen LogP contribution in [-0.4, -0.2) is 67.9 Å². The molecule has 0 amide bonds. The summed E-state index contributed by atoms with van der Waals surface area (Å²) in [5.74, 6) is 0.819. The summed E-state index contributed by atoms with van der Waals surface area (Å²) >= 11 is 1.90. The molecule has 1 aliphatic carbocycles. The number of hydrogen-bond acceptors (Lipinski definition) is 4. The van der Waals surface area contributed by atoms with E-state index in [2.05, 4.69) is 21.9 Å².